The molecular formula is C30H30N2O5. The minimum atomic E-state index is -0.394. The quantitative estimate of drug-likeness (QED) is 0.217. The second kappa shape index (κ2) is 11.5. The highest BCUT2D eigenvalue weighted by molar-refractivity contribution is 6.08. The molecule has 0 heterocycles. The summed E-state index contributed by atoms with van der Waals surface area (Å²) < 4.78 is 17.1. The predicted molar refractivity (Wildman–Crippen MR) is 145 cm³/mol. The molecule has 0 spiro atoms. The highest BCUT2D eigenvalue weighted by Crippen LogP contribution is 2.39. The average Bonchev–Trinajstić information content (AvgIpc) is 2.92. The summed E-state index contributed by atoms with van der Waals surface area (Å²) >= 11 is 0. The zero-order valence-corrected chi connectivity index (χ0v) is 21.3. The number of benzene rings is 4. The van der Waals surface area contributed by atoms with Gasteiger partial charge in [-0.2, -0.15) is 5.10 Å². The molecule has 4 aromatic carbocycles. The lowest BCUT2D eigenvalue weighted by molar-refractivity contribution is 0.0957. The number of methoxy groups -OCH3 is 2. The minimum Gasteiger partial charge on any atom is -0.507 e. The number of ether oxygens (including phenoxy) is 3. The minimum absolute atomic E-state index is 0.115. The number of hydrogen-bond acceptors (Lipinski definition) is 6. The third-order valence-corrected chi connectivity index (χ3v) is 6.04. The van der Waals surface area contributed by atoms with Gasteiger partial charge in [-0.15, -0.1) is 0 Å². The van der Waals surface area contributed by atoms with E-state index >= 15 is 0 Å². The maximum absolute atomic E-state index is 12.8. The van der Waals surface area contributed by atoms with Crippen LogP contribution >= 0.6 is 0 Å². The Morgan fingerprint density at radius 3 is 2.22 bits per heavy atom. The summed E-state index contributed by atoms with van der Waals surface area (Å²) in [6.45, 7) is 4.68. The molecule has 0 atom stereocenters. The topological polar surface area (TPSA) is 89.4 Å². The van der Waals surface area contributed by atoms with Gasteiger partial charge in [-0.25, -0.2) is 5.43 Å². The molecule has 2 N–H and O–H groups in total. The molecule has 0 saturated heterocycles. The normalized spacial score (nSPS) is 11.2. The Labute approximate surface area is 216 Å². The third-order valence-electron chi connectivity index (χ3n) is 6.04. The number of fused-ring (bicyclic) bond motifs is 1. The number of hydrazone groups is 1. The van der Waals surface area contributed by atoms with Gasteiger partial charge in [0.05, 0.1) is 20.4 Å². The molecule has 7 heteroatoms. The first-order valence-corrected chi connectivity index (χ1v) is 11.9. The summed E-state index contributed by atoms with van der Waals surface area (Å²) in [6, 6.07) is 22.0. The zero-order valence-electron chi connectivity index (χ0n) is 21.3. The molecule has 0 radical (unpaired) electrons. The van der Waals surface area contributed by atoms with Crippen molar-refractivity contribution < 1.29 is 24.1 Å². The SMILES string of the molecule is COc1cc(/C=N/NC(=O)c2ccc(O)c3ccccc23)cc(OC)c1OCc1ccc(C(C)C)cc1. The van der Waals surface area contributed by atoms with E-state index in [2.05, 4.69) is 48.6 Å². The van der Waals surface area contributed by atoms with Crippen LogP contribution in [0.4, 0.5) is 0 Å². The van der Waals surface area contributed by atoms with Crippen LogP contribution in [0.2, 0.25) is 0 Å². The Kier molecular flexibility index (Phi) is 7.93. The number of aromatic hydroxyl groups is 1. The lowest BCUT2D eigenvalue weighted by Crippen LogP contribution is -2.18. The molecule has 0 bridgehead atoms. The smallest absolute Gasteiger partial charge is 0.271 e. The van der Waals surface area contributed by atoms with Crippen molar-refractivity contribution in [2.45, 2.75) is 26.4 Å². The van der Waals surface area contributed by atoms with Crippen LogP contribution in [0.25, 0.3) is 10.8 Å². The van der Waals surface area contributed by atoms with Crippen molar-refractivity contribution in [3.63, 3.8) is 0 Å². The van der Waals surface area contributed by atoms with Crippen LogP contribution in [-0.4, -0.2) is 31.4 Å². The van der Waals surface area contributed by atoms with Crippen LogP contribution in [0.5, 0.6) is 23.0 Å². The fourth-order valence-corrected chi connectivity index (χ4v) is 3.98. The van der Waals surface area contributed by atoms with Gasteiger partial charge in [0, 0.05) is 16.5 Å². The van der Waals surface area contributed by atoms with Crippen LogP contribution in [-0.2, 0) is 6.61 Å². The maximum atomic E-state index is 12.8. The molecule has 0 aliphatic rings. The monoisotopic (exact) mass is 498 g/mol. The van der Waals surface area contributed by atoms with Gasteiger partial charge in [0.15, 0.2) is 11.5 Å². The maximum Gasteiger partial charge on any atom is 0.271 e. The van der Waals surface area contributed by atoms with Gasteiger partial charge in [0.2, 0.25) is 5.75 Å². The summed E-state index contributed by atoms with van der Waals surface area (Å²) in [6.07, 6.45) is 1.50. The van der Waals surface area contributed by atoms with E-state index in [1.54, 1.807) is 50.6 Å². The highest BCUT2D eigenvalue weighted by Gasteiger charge is 2.15. The molecule has 4 rings (SSSR count). The second-order valence-electron chi connectivity index (χ2n) is 8.82. The van der Waals surface area contributed by atoms with Crippen LogP contribution in [0.15, 0.2) is 77.9 Å². The van der Waals surface area contributed by atoms with Gasteiger partial charge in [-0.05, 0) is 46.7 Å². The Bertz CT molecular complexity index is 1400. The number of amides is 1. The van der Waals surface area contributed by atoms with Crippen molar-refractivity contribution in [2.75, 3.05) is 14.2 Å². The largest absolute Gasteiger partial charge is 0.507 e. The van der Waals surface area contributed by atoms with Crippen LogP contribution < -0.4 is 19.6 Å². The molecule has 7 nitrogen and oxygen atoms in total. The Hall–Kier alpha value is -4.52. The molecule has 0 unspecified atom stereocenters. The molecule has 0 saturated carbocycles. The van der Waals surface area contributed by atoms with Gasteiger partial charge >= 0.3 is 0 Å². The van der Waals surface area contributed by atoms with Crippen molar-refractivity contribution in [3.05, 3.63) is 95.1 Å². The standard InChI is InChI=1S/C30H30N2O5/c1-19(2)22-11-9-20(10-12-22)18-37-29-27(35-3)15-21(16-28(29)36-4)17-31-32-30(34)25-13-14-26(33)24-8-6-5-7-23(24)25/h5-17,19,33H,18H2,1-4H3,(H,32,34)/b31-17+. The second-order valence-corrected chi connectivity index (χ2v) is 8.82. The molecule has 0 aliphatic carbocycles. The Morgan fingerprint density at radius 2 is 1.59 bits per heavy atom. The van der Waals surface area contributed by atoms with Crippen molar-refractivity contribution >= 4 is 22.9 Å². The van der Waals surface area contributed by atoms with Gasteiger partial charge in [-0.3, -0.25) is 4.79 Å². The van der Waals surface area contributed by atoms with E-state index in [-0.39, 0.29) is 5.75 Å². The number of hydrogen-bond donors (Lipinski definition) is 2. The third kappa shape index (κ3) is 5.83. The summed E-state index contributed by atoms with van der Waals surface area (Å²) in [5, 5.41) is 15.4. The number of phenolic OH excluding ortho intramolecular Hbond substituents is 1. The van der Waals surface area contributed by atoms with Crippen LogP contribution in [0, 0.1) is 0 Å². The Balaban J connectivity index is 1.49. The zero-order chi connectivity index (χ0) is 26.4. The van der Waals surface area contributed by atoms with Gasteiger partial charge in [0.1, 0.15) is 12.4 Å². The number of carbonyl (C=O) groups is 1. The first kappa shape index (κ1) is 25.6. The molecule has 4 aromatic rings. The van der Waals surface area contributed by atoms with E-state index < -0.39 is 5.91 Å². The molecule has 37 heavy (non-hydrogen) atoms. The molecule has 0 aliphatic heterocycles. The molecule has 1 amide bonds. The van der Waals surface area contributed by atoms with Gasteiger partial charge < -0.3 is 19.3 Å². The number of nitrogens with one attached hydrogen (secondary N) is 1. The lowest BCUT2D eigenvalue weighted by Gasteiger charge is -2.15. The summed E-state index contributed by atoms with van der Waals surface area (Å²) in [5.74, 6) is 1.63. The van der Waals surface area contributed by atoms with E-state index in [1.165, 1.54) is 17.8 Å². The summed E-state index contributed by atoms with van der Waals surface area (Å²) in [5.41, 5.74) is 5.91. The molecular weight excluding hydrogens is 468 g/mol. The van der Waals surface area contributed by atoms with Crippen molar-refractivity contribution in [1.82, 2.24) is 5.43 Å². The predicted octanol–water partition coefficient (Wildman–Crippen LogP) is 6.03. The number of carbonyl (C=O) groups excluding carboxylic acids is 1. The van der Waals surface area contributed by atoms with E-state index in [1.807, 2.05) is 6.07 Å². The average molecular weight is 499 g/mol. The van der Waals surface area contributed by atoms with Gasteiger partial charge in [0.25, 0.3) is 5.91 Å². The van der Waals surface area contributed by atoms with Crippen LogP contribution in [0.3, 0.4) is 0 Å². The van der Waals surface area contributed by atoms with Crippen molar-refractivity contribution in [2.24, 2.45) is 5.10 Å². The number of nitrogens with zero attached hydrogens (tertiary/aromatic N) is 1. The van der Waals surface area contributed by atoms with Crippen molar-refractivity contribution in [3.8, 4) is 23.0 Å². The van der Waals surface area contributed by atoms with E-state index in [0.29, 0.717) is 51.7 Å². The highest BCUT2D eigenvalue weighted by atomic mass is 16.5. The molecule has 0 aromatic heterocycles. The number of rotatable bonds is 9. The van der Waals surface area contributed by atoms with Crippen molar-refractivity contribution in [1.29, 1.82) is 0 Å². The molecule has 0 fully saturated rings. The van der Waals surface area contributed by atoms with E-state index in [0.717, 1.165) is 5.56 Å². The first-order chi connectivity index (χ1) is 17.9. The van der Waals surface area contributed by atoms with E-state index in [9.17, 15) is 9.90 Å². The number of phenols is 1. The lowest BCUT2D eigenvalue weighted by atomic mass is 10.0. The Morgan fingerprint density at radius 1 is 0.946 bits per heavy atom. The summed E-state index contributed by atoms with van der Waals surface area (Å²) in [7, 11) is 3.11. The first-order valence-electron chi connectivity index (χ1n) is 11.9. The fraction of sp³-hybridized carbons (Fsp3) is 0.200. The van der Waals surface area contributed by atoms with Gasteiger partial charge in [-0.1, -0.05) is 62.4 Å². The summed E-state index contributed by atoms with van der Waals surface area (Å²) in [4.78, 5) is 12.8. The van der Waals surface area contributed by atoms with Crippen LogP contribution in [0.1, 0.15) is 46.8 Å². The van der Waals surface area contributed by atoms with E-state index in [4.69, 9.17) is 14.2 Å². The molecule has 190 valence electrons. The fourth-order valence-electron chi connectivity index (χ4n) is 3.98.